The SMILES string of the molecule is O=P(O)(c1ccccc1)C1CC2CCCC(C2)C1. The van der Waals surface area contributed by atoms with Crippen molar-refractivity contribution in [1.29, 1.82) is 0 Å². The van der Waals surface area contributed by atoms with Gasteiger partial charge in [0, 0.05) is 11.0 Å². The number of fused-ring (bicyclic) bond motifs is 2. The highest BCUT2D eigenvalue weighted by molar-refractivity contribution is 7.66. The van der Waals surface area contributed by atoms with Gasteiger partial charge in [0.05, 0.1) is 0 Å². The Hall–Kier alpha value is -0.590. The van der Waals surface area contributed by atoms with Crippen LogP contribution in [-0.4, -0.2) is 10.6 Å². The van der Waals surface area contributed by atoms with Gasteiger partial charge in [-0.15, -0.1) is 0 Å². The van der Waals surface area contributed by atoms with Crippen LogP contribution in [0, 0.1) is 11.8 Å². The highest BCUT2D eigenvalue weighted by atomic mass is 31.2. The van der Waals surface area contributed by atoms with Crippen LogP contribution in [0.4, 0.5) is 0 Å². The summed E-state index contributed by atoms with van der Waals surface area (Å²) in [6.45, 7) is 0. The molecular formula is C15H21O2P. The van der Waals surface area contributed by atoms with Gasteiger partial charge in [0.1, 0.15) is 0 Å². The van der Waals surface area contributed by atoms with Crippen molar-refractivity contribution in [3.8, 4) is 0 Å². The zero-order valence-electron chi connectivity index (χ0n) is 10.7. The molecule has 0 saturated heterocycles. The Bertz CT molecular complexity index is 445. The lowest BCUT2D eigenvalue weighted by molar-refractivity contribution is 0.188. The molecule has 98 valence electrons. The molecule has 2 saturated carbocycles. The molecule has 3 heteroatoms. The molecule has 0 radical (unpaired) electrons. The normalized spacial score (nSPS) is 34.8. The number of hydrogen-bond donors (Lipinski definition) is 1. The first-order valence-corrected chi connectivity index (χ1v) is 8.77. The van der Waals surface area contributed by atoms with Crippen LogP contribution in [0.1, 0.15) is 38.5 Å². The topological polar surface area (TPSA) is 37.3 Å². The first-order valence-electron chi connectivity index (χ1n) is 7.04. The highest BCUT2D eigenvalue weighted by Gasteiger charge is 2.41. The molecule has 3 unspecified atom stereocenters. The summed E-state index contributed by atoms with van der Waals surface area (Å²) >= 11 is 0. The second kappa shape index (κ2) is 4.83. The van der Waals surface area contributed by atoms with E-state index in [4.69, 9.17) is 0 Å². The Labute approximate surface area is 109 Å². The van der Waals surface area contributed by atoms with Gasteiger partial charge in [0.25, 0.3) is 0 Å². The predicted molar refractivity (Wildman–Crippen MR) is 74.4 cm³/mol. The molecule has 2 aliphatic carbocycles. The van der Waals surface area contributed by atoms with Gasteiger partial charge >= 0.3 is 0 Å². The van der Waals surface area contributed by atoms with Crippen LogP contribution < -0.4 is 5.30 Å². The van der Waals surface area contributed by atoms with Crippen LogP contribution in [0.15, 0.2) is 30.3 Å². The Morgan fingerprint density at radius 2 is 1.61 bits per heavy atom. The van der Waals surface area contributed by atoms with Gasteiger partial charge in [-0.3, -0.25) is 4.57 Å². The summed E-state index contributed by atoms with van der Waals surface area (Å²) in [5, 5.41) is 0.648. The quantitative estimate of drug-likeness (QED) is 0.829. The van der Waals surface area contributed by atoms with E-state index in [1.165, 1.54) is 25.7 Å². The van der Waals surface area contributed by atoms with Crippen LogP contribution in [0.5, 0.6) is 0 Å². The van der Waals surface area contributed by atoms with Gasteiger partial charge in [-0.2, -0.15) is 0 Å². The van der Waals surface area contributed by atoms with Crippen molar-refractivity contribution in [3.63, 3.8) is 0 Å². The van der Waals surface area contributed by atoms with Gasteiger partial charge in [0.15, 0.2) is 0 Å². The molecule has 2 nitrogen and oxygen atoms in total. The monoisotopic (exact) mass is 264 g/mol. The van der Waals surface area contributed by atoms with E-state index in [1.54, 1.807) is 0 Å². The lowest BCUT2D eigenvalue weighted by Gasteiger charge is -2.40. The van der Waals surface area contributed by atoms with Gasteiger partial charge in [-0.05, 0) is 43.2 Å². The van der Waals surface area contributed by atoms with Gasteiger partial charge < -0.3 is 4.89 Å². The third kappa shape index (κ3) is 2.29. The first kappa shape index (κ1) is 12.4. The molecule has 0 spiro atoms. The summed E-state index contributed by atoms with van der Waals surface area (Å²) in [6.07, 6.45) is 7.07. The van der Waals surface area contributed by atoms with Gasteiger partial charge in [-0.25, -0.2) is 0 Å². The van der Waals surface area contributed by atoms with E-state index in [0.29, 0.717) is 17.1 Å². The maximum atomic E-state index is 12.8. The van der Waals surface area contributed by atoms with E-state index in [1.807, 2.05) is 30.3 Å². The molecule has 0 amide bonds. The molecule has 1 aromatic rings. The van der Waals surface area contributed by atoms with Crippen LogP contribution in [0.25, 0.3) is 0 Å². The fourth-order valence-electron chi connectivity index (χ4n) is 3.83. The zero-order valence-corrected chi connectivity index (χ0v) is 11.6. The van der Waals surface area contributed by atoms with Gasteiger partial charge in [-0.1, -0.05) is 37.5 Å². The average Bonchev–Trinajstić information content (AvgIpc) is 2.39. The Morgan fingerprint density at radius 1 is 1.00 bits per heavy atom. The number of rotatable bonds is 2. The predicted octanol–water partition coefficient (Wildman–Crippen LogP) is 3.55. The van der Waals surface area contributed by atoms with E-state index < -0.39 is 7.37 Å². The highest BCUT2D eigenvalue weighted by Crippen LogP contribution is 2.55. The minimum Gasteiger partial charge on any atom is -0.341 e. The van der Waals surface area contributed by atoms with E-state index in [-0.39, 0.29) is 5.66 Å². The summed E-state index contributed by atoms with van der Waals surface area (Å²) in [6, 6.07) is 9.25. The fraction of sp³-hybridized carbons (Fsp3) is 0.600. The second-order valence-electron chi connectivity index (χ2n) is 5.98. The molecule has 0 heterocycles. The minimum absolute atomic E-state index is 0.00366. The maximum Gasteiger partial charge on any atom is 0.232 e. The van der Waals surface area contributed by atoms with Crippen molar-refractivity contribution < 1.29 is 9.46 Å². The molecule has 3 atom stereocenters. The smallest absolute Gasteiger partial charge is 0.232 e. The van der Waals surface area contributed by atoms with Crippen LogP contribution in [0.3, 0.4) is 0 Å². The van der Waals surface area contributed by atoms with Crippen LogP contribution >= 0.6 is 7.37 Å². The Morgan fingerprint density at radius 3 is 2.22 bits per heavy atom. The fourth-order valence-corrected chi connectivity index (χ4v) is 6.02. The van der Waals surface area contributed by atoms with E-state index >= 15 is 0 Å². The lowest BCUT2D eigenvalue weighted by atomic mass is 9.72. The lowest BCUT2D eigenvalue weighted by Crippen LogP contribution is -2.32. The third-order valence-corrected chi connectivity index (χ3v) is 7.17. The van der Waals surface area contributed by atoms with Crippen LogP contribution in [0.2, 0.25) is 0 Å². The molecule has 18 heavy (non-hydrogen) atoms. The van der Waals surface area contributed by atoms with Gasteiger partial charge in [0.2, 0.25) is 7.37 Å². The summed E-state index contributed by atoms with van der Waals surface area (Å²) in [5.41, 5.74) is 0.00366. The second-order valence-corrected chi connectivity index (χ2v) is 8.47. The summed E-state index contributed by atoms with van der Waals surface area (Å²) in [5.74, 6) is 1.40. The molecule has 3 rings (SSSR count). The minimum atomic E-state index is -3.17. The van der Waals surface area contributed by atoms with E-state index in [0.717, 1.165) is 12.8 Å². The third-order valence-electron chi connectivity index (χ3n) is 4.72. The average molecular weight is 264 g/mol. The first-order chi connectivity index (χ1) is 8.66. The molecule has 1 N–H and O–H groups in total. The molecule has 0 aromatic heterocycles. The largest absolute Gasteiger partial charge is 0.341 e. The summed E-state index contributed by atoms with van der Waals surface area (Å²) < 4.78 is 12.8. The Kier molecular flexibility index (Phi) is 3.34. The molecule has 2 fully saturated rings. The molecule has 2 bridgehead atoms. The van der Waals surface area contributed by atoms with Crippen molar-refractivity contribution in [2.75, 3.05) is 0 Å². The molecular weight excluding hydrogens is 243 g/mol. The summed E-state index contributed by atoms with van der Waals surface area (Å²) in [7, 11) is -3.17. The van der Waals surface area contributed by atoms with Crippen molar-refractivity contribution in [1.82, 2.24) is 0 Å². The summed E-state index contributed by atoms with van der Waals surface area (Å²) in [4.78, 5) is 10.5. The molecule has 0 aliphatic heterocycles. The van der Waals surface area contributed by atoms with Crippen molar-refractivity contribution in [3.05, 3.63) is 30.3 Å². The van der Waals surface area contributed by atoms with Crippen LogP contribution in [-0.2, 0) is 4.57 Å². The molecule has 1 aromatic carbocycles. The van der Waals surface area contributed by atoms with Crippen molar-refractivity contribution in [2.45, 2.75) is 44.2 Å². The standard InChI is InChI=1S/C15H21O2P/c16-18(17,14-7-2-1-3-8-14)15-10-12-5-4-6-13(9-12)11-15/h1-3,7-8,12-13,15H,4-6,9-11H2,(H,16,17). The zero-order chi connectivity index (χ0) is 12.6. The van der Waals surface area contributed by atoms with Crippen molar-refractivity contribution >= 4 is 12.7 Å². The van der Waals surface area contributed by atoms with E-state index in [9.17, 15) is 9.46 Å². The van der Waals surface area contributed by atoms with Crippen molar-refractivity contribution in [2.24, 2.45) is 11.8 Å². The maximum absolute atomic E-state index is 12.8. The Balaban J connectivity index is 1.84. The molecule has 2 aliphatic rings. The number of hydrogen-bond acceptors (Lipinski definition) is 1. The number of benzene rings is 1. The van der Waals surface area contributed by atoms with E-state index in [2.05, 4.69) is 0 Å².